The highest BCUT2D eigenvalue weighted by atomic mass is 32.2. The van der Waals surface area contributed by atoms with Crippen molar-refractivity contribution in [3.8, 4) is 12.3 Å². The van der Waals surface area contributed by atoms with Crippen LogP contribution in [0.2, 0.25) is 0 Å². The molecular weight excluding hydrogens is 450 g/mol. The Labute approximate surface area is 200 Å². The van der Waals surface area contributed by atoms with E-state index < -0.39 is 34.1 Å². The first-order valence-corrected chi connectivity index (χ1v) is 11.7. The van der Waals surface area contributed by atoms with Crippen molar-refractivity contribution >= 4 is 16.9 Å². The number of ether oxygens (including phenoxy) is 1. The lowest BCUT2D eigenvalue weighted by Gasteiger charge is -2.24. The highest BCUT2D eigenvalue weighted by Gasteiger charge is 2.33. The van der Waals surface area contributed by atoms with Gasteiger partial charge in [-0.2, -0.15) is 0 Å². The SMILES string of the molecule is C#CC(C)(OC(=O)c1cccc([S+](c2ccccc2)c2ccccc2)c1)c1cc(F)cc(F)c1. The molecular formula is C29H21F2O2S+. The Bertz CT molecular complexity index is 1290. The van der Waals surface area contributed by atoms with Gasteiger partial charge in [0.2, 0.25) is 0 Å². The fourth-order valence-electron chi connectivity index (χ4n) is 3.52. The van der Waals surface area contributed by atoms with E-state index in [0.717, 1.165) is 32.9 Å². The van der Waals surface area contributed by atoms with Crippen LogP contribution in [0.5, 0.6) is 0 Å². The zero-order valence-electron chi connectivity index (χ0n) is 18.4. The summed E-state index contributed by atoms with van der Waals surface area (Å²) < 4.78 is 33.2. The Balaban J connectivity index is 1.70. The molecule has 4 rings (SSSR count). The third-order valence-corrected chi connectivity index (χ3v) is 7.46. The van der Waals surface area contributed by atoms with Crippen LogP contribution in [0.25, 0.3) is 0 Å². The number of halogens is 2. The largest absolute Gasteiger partial charge is 0.438 e. The predicted molar refractivity (Wildman–Crippen MR) is 129 cm³/mol. The van der Waals surface area contributed by atoms with Crippen molar-refractivity contribution in [3.63, 3.8) is 0 Å². The van der Waals surface area contributed by atoms with Crippen LogP contribution in [0, 0.1) is 24.0 Å². The minimum absolute atomic E-state index is 0.0466. The monoisotopic (exact) mass is 471 g/mol. The first kappa shape index (κ1) is 23.3. The summed E-state index contributed by atoms with van der Waals surface area (Å²) in [7, 11) is -0.456. The van der Waals surface area contributed by atoms with E-state index in [1.165, 1.54) is 6.92 Å². The number of esters is 1. The summed E-state index contributed by atoms with van der Waals surface area (Å²) in [6, 6.07) is 30.0. The average molecular weight is 472 g/mol. The highest BCUT2D eigenvalue weighted by Crippen LogP contribution is 2.32. The van der Waals surface area contributed by atoms with Crippen LogP contribution in [0.4, 0.5) is 8.78 Å². The first-order chi connectivity index (χ1) is 16.4. The second-order valence-electron chi connectivity index (χ2n) is 7.69. The molecule has 0 saturated carbocycles. The van der Waals surface area contributed by atoms with Crippen molar-refractivity contribution in [2.75, 3.05) is 0 Å². The van der Waals surface area contributed by atoms with Gasteiger partial charge in [0.25, 0.3) is 0 Å². The molecule has 0 amide bonds. The molecule has 4 aromatic carbocycles. The van der Waals surface area contributed by atoms with Crippen LogP contribution in [-0.2, 0) is 21.2 Å². The van der Waals surface area contributed by atoms with Gasteiger partial charge in [-0.15, -0.1) is 6.42 Å². The zero-order valence-corrected chi connectivity index (χ0v) is 19.2. The van der Waals surface area contributed by atoms with Crippen molar-refractivity contribution in [3.05, 3.63) is 126 Å². The molecule has 0 aliphatic carbocycles. The average Bonchev–Trinajstić information content (AvgIpc) is 2.85. The lowest BCUT2D eigenvalue weighted by molar-refractivity contribution is 0.0127. The van der Waals surface area contributed by atoms with Gasteiger partial charge >= 0.3 is 5.97 Å². The molecule has 1 atom stereocenters. The lowest BCUT2D eigenvalue weighted by atomic mass is 9.96. The third kappa shape index (κ3) is 5.03. The summed E-state index contributed by atoms with van der Waals surface area (Å²) >= 11 is 0. The number of carbonyl (C=O) groups is 1. The summed E-state index contributed by atoms with van der Waals surface area (Å²) in [5.41, 5.74) is -1.30. The smallest absolute Gasteiger partial charge is 0.340 e. The Morgan fingerprint density at radius 2 is 1.32 bits per heavy atom. The van der Waals surface area contributed by atoms with E-state index in [-0.39, 0.29) is 5.56 Å². The molecule has 1 unspecified atom stereocenters. The van der Waals surface area contributed by atoms with Gasteiger partial charge in [-0.1, -0.05) is 48.4 Å². The number of benzene rings is 4. The minimum atomic E-state index is -1.64. The summed E-state index contributed by atoms with van der Waals surface area (Å²) in [6.45, 7) is 1.43. The van der Waals surface area contributed by atoms with E-state index >= 15 is 0 Å². The van der Waals surface area contributed by atoms with E-state index in [2.05, 4.69) is 30.2 Å². The molecule has 34 heavy (non-hydrogen) atoms. The maximum atomic E-state index is 13.8. The molecule has 0 heterocycles. The Kier molecular flexibility index (Phi) is 6.81. The van der Waals surface area contributed by atoms with Gasteiger partial charge in [0, 0.05) is 17.7 Å². The minimum Gasteiger partial charge on any atom is -0.438 e. The van der Waals surface area contributed by atoms with Crippen molar-refractivity contribution in [1.82, 2.24) is 0 Å². The maximum Gasteiger partial charge on any atom is 0.340 e. The Morgan fingerprint density at radius 1 is 0.794 bits per heavy atom. The number of hydrogen-bond acceptors (Lipinski definition) is 2. The molecule has 0 aliphatic heterocycles. The third-order valence-electron chi connectivity index (χ3n) is 5.25. The van der Waals surface area contributed by atoms with Gasteiger partial charge in [0.1, 0.15) is 11.6 Å². The molecule has 0 radical (unpaired) electrons. The van der Waals surface area contributed by atoms with Crippen LogP contribution in [0.3, 0.4) is 0 Å². The number of hydrogen-bond donors (Lipinski definition) is 0. The number of rotatable bonds is 6. The fourth-order valence-corrected chi connectivity index (χ4v) is 5.65. The molecule has 2 nitrogen and oxygen atoms in total. The van der Waals surface area contributed by atoms with Crippen molar-refractivity contribution in [2.24, 2.45) is 0 Å². The molecule has 5 heteroatoms. The van der Waals surface area contributed by atoms with Gasteiger partial charge in [0.05, 0.1) is 16.5 Å². The standard InChI is InChI=1S/C29H21F2O2S/c1-3-29(2,22-18-23(30)20-24(31)19-22)33-28(32)21-11-10-16-27(17-21)34(25-12-6-4-7-13-25)26-14-8-5-9-15-26/h1,4-20H,2H3/q+1. The summed E-state index contributed by atoms with van der Waals surface area (Å²) in [4.78, 5) is 16.2. The second kappa shape index (κ2) is 9.94. The first-order valence-electron chi connectivity index (χ1n) is 10.5. The van der Waals surface area contributed by atoms with E-state index in [4.69, 9.17) is 11.2 Å². The molecule has 0 aliphatic rings. The van der Waals surface area contributed by atoms with Gasteiger partial charge in [0.15, 0.2) is 20.3 Å². The van der Waals surface area contributed by atoms with E-state index in [1.54, 1.807) is 18.2 Å². The summed E-state index contributed by atoms with van der Waals surface area (Å²) in [5, 5.41) is 0. The summed E-state index contributed by atoms with van der Waals surface area (Å²) in [5.74, 6) is 0.0774. The number of terminal acetylenes is 1. The Hall–Kier alpha value is -3.88. The molecule has 168 valence electrons. The zero-order chi connectivity index (χ0) is 24.1. The summed E-state index contributed by atoms with van der Waals surface area (Å²) in [6.07, 6.45) is 5.62. The van der Waals surface area contributed by atoms with Crippen LogP contribution in [0.15, 0.2) is 118 Å². The highest BCUT2D eigenvalue weighted by molar-refractivity contribution is 7.97. The second-order valence-corrected chi connectivity index (χ2v) is 9.71. The van der Waals surface area contributed by atoms with E-state index in [9.17, 15) is 13.6 Å². The maximum absolute atomic E-state index is 13.8. The van der Waals surface area contributed by atoms with E-state index in [1.807, 2.05) is 42.5 Å². The van der Waals surface area contributed by atoms with Crippen molar-refractivity contribution < 1.29 is 18.3 Å². The molecule has 0 spiro atoms. The molecule has 0 aromatic heterocycles. The molecule has 0 bridgehead atoms. The van der Waals surface area contributed by atoms with Gasteiger partial charge in [-0.3, -0.25) is 0 Å². The van der Waals surface area contributed by atoms with Gasteiger partial charge in [-0.25, -0.2) is 13.6 Å². The van der Waals surface area contributed by atoms with Crippen LogP contribution in [0.1, 0.15) is 22.8 Å². The normalized spacial score (nSPS) is 12.6. The molecule has 0 fully saturated rings. The topological polar surface area (TPSA) is 26.3 Å². The Morgan fingerprint density at radius 3 is 1.85 bits per heavy atom. The van der Waals surface area contributed by atoms with Gasteiger partial charge < -0.3 is 4.74 Å². The molecule has 4 aromatic rings. The molecule has 0 saturated heterocycles. The van der Waals surface area contributed by atoms with Crippen LogP contribution >= 0.6 is 0 Å². The van der Waals surface area contributed by atoms with Crippen LogP contribution in [-0.4, -0.2) is 5.97 Å². The van der Waals surface area contributed by atoms with E-state index in [0.29, 0.717) is 5.56 Å². The lowest BCUT2D eigenvalue weighted by Crippen LogP contribution is -2.28. The van der Waals surface area contributed by atoms with Crippen molar-refractivity contribution in [2.45, 2.75) is 27.2 Å². The quantitative estimate of drug-likeness (QED) is 0.176. The predicted octanol–water partition coefficient (Wildman–Crippen LogP) is 6.77. The number of carbonyl (C=O) groups excluding carboxylic acids is 1. The van der Waals surface area contributed by atoms with Crippen molar-refractivity contribution in [1.29, 1.82) is 0 Å². The van der Waals surface area contributed by atoms with Crippen LogP contribution < -0.4 is 0 Å². The van der Waals surface area contributed by atoms with Gasteiger partial charge in [-0.05, 0) is 55.5 Å². The molecule has 0 N–H and O–H groups in total. The fraction of sp³-hybridized carbons (Fsp3) is 0.0690.